The third kappa shape index (κ3) is 4.26. The van der Waals surface area contributed by atoms with E-state index in [4.69, 9.17) is 9.84 Å². The van der Waals surface area contributed by atoms with E-state index >= 15 is 0 Å². The summed E-state index contributed by atoms with van der Waals surface area (Å²) in [5.41, 5.74) is 0.00500. The minimum Gasteiger partial charge on any atom is -0.478 e. The van der Waals surface area contributed by atoms with Gasteiger partial charge in [-0.3, -0.25) is 4.79 Å². The van der Waals surface area contributed by atoms with Gasteiger partial charge in [0.2, 0.25) is 0 Å². The summed E-state index contributed by atoms with van der Waals surface area (Å²) in [4.78, 5) is 22.4. The van der Waals surface area contributed by atoms with E-state index in [0.717, 1.165) is 6.42 Å². The predicted octanol–water partition coefficient (Wildman–Crippen LogP) is 2.73. The number of para-hydroxylation sites is 1. The van der Waals surface area contributed by atoms with E-state index in [0.29, 0.717) is 12.3 Å². The molecule has 17 heavy (non-hydrogen) atoms. The summed E-state index contributed by atoms with van der Waals surface area (Å²) in [6.07, 6.45) is 1.03. The van der Waals surface area contributed by atoms with Crippen molar-refractivity contribution >= 4 is 11.9 Å². The number of carboxylic acid groups (broad SMARTS) is 1. The Morgan fingerprint density at radius 2 is 1.94 bits per heavy atom. The van der Waals surface area contributed by atoms with Gasteiger partial charge in [0.25, 0.3) is 0 Å². The zero-order valence-electron chi connectivity index (χ0n) is 9.97. The van der Waals surface area contributed by atoms with E-state index in [9.17, 15) is 9.59 Å². The molecule has 1 aromatic rings. The molecule has 4 nitrogen and oxygen atoms in total. The molecule has 0 aliphatic heterocycles. The van der Waals surface area contributed by atoms with Crippen LogP contribution in [0.5, 0.6) is 5.75 Å². The monoisotopic (exact) mass is 236 g/mol. The first-order chi connectivity index (χ1) is 8.00. The highest BCUT2D eigenvalue weighted by Crippen LogP contribution is 2.18. The van der Waals surface area contributed by atoms with Gasteiger partial charge in [-0.15, -0.1) is 0 Å². The fourth-order valence-corrected chi connectivity index (χ4v) is 1.31. The van der Waals surface area contributed by atoms with Crippen LogP contribution in [0.2, 0.25) is 0 Å². The first-order valence-electron chi connectivity index (χ1n) is 5.53. The molecule has 1 N–H and O–H groups in total. The molecular weight excluding hydrogens is 220 g/mol. The van der Waals surface area contributed by atoms with Gasteiger partial charge in [-0.05, 0) is 24.5 Å². The molecule has 0 aromatic heterocycles. The van der Waals surface area contributed by atoms with Crippen molar-refractivity contribution in [3.05, 3.63) is 29.8 Å². The molecule has 0 radical (unpaired) electrons. The van der Waals surface area contributed by atoms with Crippen LogP contribution < -0.4 is 4.74 Å². The largest absolute Gasteiger partial charge is 0.478 e. The van der Waals surface area contributed by atoms with Crippen molar-refractivity contribution in [2.24, 2.45) is 5.92 Å². The van der Waals surface area contributed by atoms with Gasteiger partial charge in [0.15, 0.2) is 0 Å². The van der Waals surface area contributed by atoms with Crippen molar-refractivity contribution in [2.75, 3.05) is 0 Å². The van der Waals surface area contributed by atoms with Gasteiger partial charge >= 0.3 is 11.9 Å². The lowest BCUT2D eigenvalue weighted by Crippen LogP contribution is -2.11. The van der Waals surface area contributed by atoms with E-state index in [2.05, 4.69) is 0 Å². The Morgan fingerprint density at radius 3 is 2.53 bits per heavy atom. The van der Waals surface area contributed by atoms with Gasteiger partial charge in [-0.2, -0.15) is 0 Å². The molecule has 0 fully saturated rings. The number of carbonyl (C=O) groups excluding carboxylic acids is 1. The molecule has 0 saturated carbocycles. The number of rotatable bonds is 5. The Labute approximate surface area is 100 Å². The number of hydrogen-bond acceptors (Lipinski definition) is 3. The molecule has 1 aromatic carbocycles. The van der Waals surface area contributed by atoms with E-state index in [1.54, 1.807) is 12.1 Å². The second-order valence-electron chi connectivity index (χ2n) is 4.21. The molecule has 1 rings (SSSR count). The molecular formula is C13H16O4. The lowest BCUT2D eigenvalue weighted by Gasteiger charge is -2.08. The molecule has 0 bridgehead atoms. The summed E-state index contributed by atoms with van der Waals surface area (Å²) in [5, 5.41) is 8.91. The van der Waals surface area contributed by atoms with E-state index in [1.165, 1.54) is 12.1 Å². The molecule has 0 spiro atoms. The molecule has 0 aliphatic carbocycles. The fraction of sp³-hybridized carbons (Fsp3) is 0.385. The topological polar surface area (TPSA) is 63.6 Å². The van der Waals surface area contributed by atoms with Crippen LogP contribution in [0.4, 0.5) is 0 Å². The van der Waals surface area contributed by atoms with Crippen LogP contribution in [0.3, 0.4) is 0 Å². The van der Waals surface area contributed by atoms with Crippen LogP contribution in [-0.2, 0) is 4.79 Å². The Morgan fingerprint density at radius 1 is 1.29 bits per heavy atom. The number of aromatic carboxylic acids is 1. The number of ether oxygens (including phenoxy) is 1. The maximum atomic E-state index is 11.5. The van der Waals surface area contributed by atoms with Crippen LogP contribution >= 0.6 is 0 Å². The Kier molecular flexibility index (Phi) is 4.69. The van der Waals surface area contributed by atoms with Crippen LogP contribution in [0.1, 0.15) is 37.0 Å². The lowest BCUT2D eigenvalue weighted by atomic mass is 10.1. The fourth-order valence-electron chi connectivity index (χ4n) is 1.31. The highest BCUT2D eigenvalue weighted by atomic mass is 16.5. The van der Waals surface area contributed by atoms with Crippen molar-refractivity contribution in [3.8, 4) is 5.75 Å². The first kappa shape index (κ1) is 13.2. The van der Waals surface area contributed by atoms with Gasteiger partial charge in [0, 0.05) is 6.42 Å². The van der Waals surface area contributed by atoms with Crippen LogP contribution in [0, 0.1) is 5.92 Å². The highest BCUT2D eigenvalue weighted by molar-refractivity contribution is 5.91. The van der Waals surface area contributed by atoms with Gasteiger partial charge in [0.05, 0.1) is 0 Å². The smallest absolute Gasteiger partial charge is 0.339 e. The maximum Gasteiger partial charge on any atom is 0.339 e. The average Bonchev–Trinajstić information content (AvgIpc) is 2.27. The summed E-state index contributed by atoms with van der Waals surface area (Å²) in [6, 6.07) is 6.12. The molecule has 0 amide bonds. The minimum absolute atomic E-state index is 0.00500. The van der Waals surface area contributed by atoms with Gasteiger partial charge in [0.1, 0.15) is 11.3 Å². The van der Waals surface area contributed by atoms with Gasteiger partial charge in [-0.25, -0.2) is 4.79 Å². The quantitative estimate of drug-likeness (QED) is 0.630. The number of hydrogen-bond donors (Lipinski definition) is 1. The second kappa shape index (κ2) is 6.03. The predicted molar refractivity (Wildman–Crippen MR) is 63.1 cm³/mol. The zero-order valence-corrected chi connectivity index (χ0v) is 9.97. The molecule has 0 unspecified atom stereocenters. The molecule has 0 heterocycles. The SMILES string of the molecule is CC(C)CCC(=O)Oc1ccccc1C(=O)O. The van der Waals surface area contributed by atoms with Crippen molar-refractivity contribution < 1.29 is 19.4 Å². The number of carbonyl (C=O) groups is 2. The summed E-state index contributed by atoms with van der Waals surface area (Å²) >= 11 is 0. The molecule has 0 atom stereocenters. The Balaban J connectivity index is 2.68. The van der Waals surface area contributed by atoms with Crippen molar-refractivity contribution in [3.63, 3.8) is 0 Å². The van der Waals surface area contributed by atoms with Crippen LogP contribution in [-0.4, -0.2) is 17.0 Å². The lowest BCUT2D eigenvalue weighted by molar-refractivity contribution is -0.134. The normalized spacial score (nSPS) is 10.3. The summed E-state index contributed by atoms with van der Waals surface area (Å²) in [5.74, 6) is -0.976. The van der Waals surface area contributed by atoms with Crippen LogP contribution in [0.15, 0.2) is 24.3 Å². The molecule has 92 valence electrons. The standard InChI is InChI=1S/C13H16O4/c1-9(2)7-8-12(14)17-11-6-4-3-5-10(11)13(15)16/h3-6,9H,7-8H2,1-2H3,(H,15,16). The third-order valence-corrected chi connectivity index (χ3v) is 2.27. The van der Waals surface area contributed by atoms with E-state index in [-0.39, 0.29) is 11.3 Å². The van der Waals surface area contributed by atoms with Crippen molar-refractivity contribution in [1.29, 1.82) is 0 Å². The van der Waals surface area contributed by atoms with Gasteiger partial charge in [-0.1, -0.05) is 26.0 Å². The number of esters is 1. The maximum absolute atomic E-state index is 11.5. The Hall–Kier alpha value is -1.84. The van der Waals surface area contributed by atoms with Gasteiger partial charge < -0.3 is 9.84 Å². The molecule has 4 heteroatoms. The summed E-state index contributed by atoms with van der Waals surface area (Å²) < 4.78 is 5.04. The second-order valence-corrected chi connectivity index (χ2v) is 4.21. The van der Waals surface area contributed by atoms with Crippen molar-refractivity contribution in [2.45, 2.75) is 26.7 Å². The highest BCUT2D eigenvalue weighted by Gasteiger charge is 2.13. The number of benzene rings is 1. The summed E-state index contributed by atoms with van der Waals surface area (Å²) in [7, 11) is 0. The van der Waals surface area contributed by atoms with E-state index < -0.39 is 11.9 Å². The number of carboxylic acids is 1. The Bertz CT molecular complexity index is 410. The van der Waals surface area contributed by atoms with Crippen LogP contribution in [0.25, 0.3) is 0 Å². The van der Waals surface area contributed by atoms with E-state index in [1.807, 2.05) is 13.8 Å². The third-order valence-electron chi connectivity index (χ3n) is 2.27. The zero-order chi connectivity index (χ0) is 12.8. The minimum atomic E-state index is -1.10. The first-order valence-corrected chi connectivity index (χ1v) is 5.53. The molecule has 0 aliphatic rings. The summed E-state index contributed by atoms with van der Waals surface area (Å²) in [6.45, 7) is 4.02. The molecule has 0 saturated heterocycles. The average molecular weight is 236 g/mol. The van der Waals surface area contributed by atoms with Crippen molar-refractivity contribution in [1.82, 2.24) is 0 Å².